The van der Waals surface area contributed by atoms with Gasteiger partial charge in [0.1, 0.15) is 5.82 Å². The number of aryl methyl sites for hydroxylation is 1. The summed E-state index contributed by atoms with van der Waals surface area (Å²) in [7, 11) is 1.79. The van der Waals surface area contributed by atoms with Gasteiger partial charge in [-0.1, -0.05) is 39.8 Å². The van der Waals surface area contributed by atoms with Crippen LogP contribution in [0.3, 0.4) is 0 Å². The summed E-state index contributed by atoms with van der Waals surface area (Å²) in [5.74, 6) is -0.207. The van der Waals surface area contributed by atoms with Gasteiger partial charge in [-0.25, -0.2) is 9.37 Å². The van der Waals surface area contributed by atoms with Crippen molar-refractivity contribution in [3.63, 3.8) is 0 Å². The van der Waals surface area contributed by atoms with Gasteiger partial charge in [0.15, 0.2) is 0 Å². The van der Waals surface area contributed by atoms with Gasteiger partial charge in [0.25, 0.3) is 0 Å². The number of nitrogens with zero attached hydrogens (tertiary/aromatic N) is 4. The van der Waals surface area contributed by atoms with E-state index >= 15 is 0 Å². The molecule has 2 heterocycles. The molecule has 1 aromatic carbocycles. The van der Waals surface area contributed by atoms with Crippen LogP contribution in [0.25, 0.3) is 0 Å². The van der Waals surface area contributed by atoms with E-state index in [0.717, 1.165) is 50.0 Å². The number of ether oxygens (including phenoxy) is 1. The third-order valence-corrected chi connectivity index (χ3v) is 7.79. The van der Waals surface area contributed by atoms with Crippen molar-refractivity contribution in [2.24, 2.45) is 0 Å². The Balaban J connectivity index is 0.00000216. The van der Waals surface area contributed by atoms with Crippen LogP contribution in [0.15, 0.2) is 83.5 Å². The summed E-state index contributed by atoms with van der Waals surface area (Å²) in [6.45, 7) is 15.9. The zero-order valence-corrected chi connectivity index (χ0v) is 25.8. The van der Waals surface area contributed by atoms with Gasteiger partial charge in [0.05, 0.1) is 35.6 Å². The molecule has 0 bridgehead atoms. The zero-order chi connectivity index (χ0) is 29.2. The van der Waals surface area contributed by atoms with Crippen molar-refractivity contribution < 1.29 is 9.13 Å². The van der Waals surface area contributed by atoms with Crippen LogP contribution in [0.1, 0.15) is 85.4 Å². The Bertz CT molecular complexity index is 1210. The highest BCUT2D eigenvalue weighted by Gasteiger charge is 2.29. The number of allylic oxidation sites excluding steroid dienone is 6. The summed E-state index contributed by atoms with van der Waals surface area (Å²) < 4.78 is 21.9. The van der Waals surface area contributed by atoms with Crippen molar-refractivity contribution in [2.45, 2.75) is 98.8 Å². The van der Waals surface area contributed by atoms with Crippen LogP contribution in [0.5, 0.6) is 0 Å². The van der Waals surface area contributed by atoms with E-state index in [0.29, 0.717) is 0 Å². The first-order valence-electron chi connectivity index (χ1n) is 15.0. The highest BCUT2D eigenvalue weighted by molar-refractivity contribution is 5.51. The number of imidazole rings is 1. The minimum atomic E-state index is -0.207. The van der Waals surface area contributed by atoms with Crippen LogP contribution in [0.4, 0.5) is 10.1 Å². The van der Waals surface area contributed by atoms with Crippen molar-refractivity contribution in [1.29, 1.82) is 0 Å². The van der Waals surface area contributed by atoms with E-state index in [9.17, 15) is 4.39 Å². The van der Waals surface area contributed by atoms with E-state index in [2.05, 4.69) is 77.8 Å². The fraction of sp³-hybridized carbons (Fsp3) is 0.500. The van der Waals surface area contributed by atoms with E-state index in [-0.39, 0.29) is 24.0 Å². The van der Waals surface area contributed by atoms with Gasteiger partial charge in [-0.3, -0.25) is 10.0 Å². The Hall–Kier alpha value is -3.12. The maximum absolute atomic E-state index is 13.8. The maximum Gasteiger partial charge on any atom is 0.123 e. The summed E-state index contributed by atoms with van der Waals surface area (Å²) >= 11 is 0. The number of anilines is 1. The fourth-order valence-electron chi connectivity index (χ4n) is 5.41. The van der Waals surface area contributed by atoms with Gasteiger partial charge < -0.3 is 9.30 Å². The zero-order valence-electron chi connectivity index (χ0n) is 25.8. The van der Waals surface area contributed by atoms with Crippen LogP contribution in [-0.4, -0.2) is 40.4 Å². The average Bonchev–Trinajstić information content (AvgIpc) is 3.31. The normalized spacial score (nSPS) is 22.3. The molecule has 0 saturated carbocycles. The van der Waals surface area contributed by atoms with Crippen LogP contribution >= 0.6 is 0 Å². The number of hydrazine groups is 1. The van der Waals surface area contributed by atoms with Crippen molar-refractivity contribution >= 4 is 5.69 Å². The highest BCUT2D eigenvalue weighted by Crippen LogP contribution is 2.36. The third kappa shape index (κ3) is 7.54. The molecule has 1 aliphatic heterocycles. The number of hydrogen-bond donors (Lipinski definition) is 0. The lowest BCUT2D eigenvalue weighted by atomic mass is 9.94. The Morgan fingerprint density at radius 3 is 2.55 bits per heavy atom. The SMILES string of the molecule is CC.CC/C(C)=C1\C(=C\C2=CC(OC)CC(n3cnc(C)c3)C=C2)CCCN1N(c1ccc(F)cc1)C(C)CC. The predicted molar refractivity (Wildman–Crippen MR) is 166 cm³/mol. The van der Waals surface area contributed by atoms with Gasteiger partial charge in [-0.05, 0) is 99.6 Å². The molecular weight excluding hydrogens is 499 g/mol. The lowest BCUT2D eigenvalue weighted by molar-refractivity contribution is 0.124. The second-order valence-electron chi connectivity index (χ2n) is 10.5. The van der Waals surface area contributed by atoms with Crippen LogP contribution in [0.2, 0.25) is 0 Å². The van der Waals surface area contributed by atoms with Gasteiger partial charge in [-0.2, -0.15) is 0 Å². The number of halogens is 1. The molecule has 218 valence electrons. The quantitative estimate of drug-likeness (QED) is 0.330. The fourth-order valence-corrected chi connectivity index (χ4v) is 5.41. The first kappa shape index (κ1) is 31.4. The molecule has 1 aromatic heterocycles. The number of benzene rings is 1. The molecule has 40 heavy (non-hydrogen) atoms. The largest absolute Gasteiger partial charge is 0.377 e. The molecule has 2 aromatic rings. The average molecular weight is 549 g/mol. The molecule has 1 aliphatic carbocycles. The van der Waals surface area contributed by atoms with Crippen molar-refractivity contribution in [2.75, 3.05) is 18.7 Å². The number of aromatic nitrogens is 2. The Morgan fingerprint density at radius 2 is 1.95 bits per heavy atom. The molecule has 2 aliphatic rings. The number of methoxy groups -OCH3 is 1. The minimum absolute atomic E-state index is 0.0137. The monoisotopic (exact) mass is 548 g/mol. The van der Waals surface area contributed by atoms with E-state index in [1.165, 1.54) is 22.4 Å². The summed E-state index contributed by atoms with van der Waals surface area (Å²) in [4.78, 5) is 4.42. The van der Waals surface area contributed by atoms with E-state index < -0.39 is 0 Å². The summed E-state index contributed by atoms with van der Waals surface area (Å²) in [5.41, 5.74) is 7.21. The van der Waals surface area contributed by atoms with Gasteiger partial charge >= 0.3 is 0 Å². The van der Waals surface area contributed by atoms with Crippen molar-refractivity contribution in [3.05, 3.63) is 95.0 Å². The molecule has 3 unspecified atom stereocenters. The van der Waals surface area contributed by atoms with Gasteiger partial charge in [0, 0.05) is 32.3 Å². The molecule has 0 amide bonds. The maximum atomic E-state index is 13.8. The minimum Gasteiger partial charge on any atom is -0.377 e. The number of rotatable bonds is 8. The summed E-state index contributed by atoms with van der Waals surface area (Å²) in [5, 5.41) is 4.81. The molecule has 0 spiro atoms. The smallest absolute Gasteiger partial charge is 0.123 e. The molecule has 3 atom stereocenters. The van der Waals surface area contributed by atoms with Crippen molar-refractivity contribution in [1.82, 2.24) is 14.6 Å². The summed E-state index contributed by atoms with van der Waals surface area (Å²) in [6, 6.07) is 7.39. The Kier molecular flexibility index (Phi) is 11.8. The van der Waals surface area contributed by atoms with Gasteiger partial charge in [-0.15, -0.1) is 0 Å². The lowest BCUT2D eigenvalue weighted by Gasteiger charge is -2.46. The van der Waals surface area contributed by atoms with Crippen LogP contribution in [-0.2, 0) is 4.74 Å². The predicted octanol–water partition coefficient (Wildman–Crippen LogP) is 8.73. The molecular formula is C34H49FN4O. The highest BCUT2D eigenvalue weighted by atomic mass is 19.1. The van der Waals surface area contributed by atoms with E-state index in [1.54, 1.807) is 19.2 Å². The second-order valence-corrected chi connectivity index (χ2v) is 10.5. The topological polar surface area (TPSA) is 33.5 Å². The first-order chi connectivity index (χ1) is 19.3. The molecule has 4 rings (SSSR count). The number of piperidine rings is 1. The molecule has 1 fully saturated rings. The standard InChI is InChI=1S/C32H43FN4O.C2H6/c1-7-23(3)32-27(10-9-17-36(32)37(25(5)8-2)29-15-12-28(33)13-16-29)18-26-11-14-30(20-31(19-26)38-6)35-21-24(4)34-22-35;1-2/h11-16,18-19,21-22,25,30-31H,7-10,17,20H2,1-6H3;1-2H3/b27-18+,32-23+;. The van der Waals surface area contributed by atoms with E-state index in [4.69, 9.17) is 4.74 Å². The van der Waals surface area contributed by atoms with Crippen LogP contribution in [0, 0.1) is 12.7 Å². The molecule has 5 nitrogen and oxygen atoms in total. The molecule has 0 N–H and O–H groups in total. The summed E-state index contributed by atoms with van der Waals surface area (Å²) in [6.07, 6.45) is 18.0. The van der Waals surface area contributed by atoms with Gasteiger partial charge in [0.2, 0.25) is 0 Å². The first-order valence-corrected chi connectivity index (χ1v) is 15.0. The number of hydrogen-bond acceptors (Lipinski definition) is 4. The Labute approximate surface area is 241 Å². The second kappa shape index (κ2) is 15.0. The molecule has 6 heteroatoms. The molecule has 1 saturated heterocycles. The Morgan fingerprint density at radius 1 is 1.23 bits per heavy atom. The third-order valence-electron chi connectivity index (χ3n) is 7.79. The lowest BCUT2D eigenvalue weighted by Crippen LogP contribution is -2.50. The van der Waals surface area contributed by atoms with Crippen molar-refractivity contribution in [3.8, 4) is 0 Å². The van der Waals surface area contributed by atoms with E-state index in [1.807, 2.05) is 39.2 Å². The molecule has 0 radical (unpaired) electrons. The van der Waals surface area contributed by atoms with Crippen LogP contribution < -0.4 is 5.01 Å².